The van der Waals surface area contributed by atoms with Crippen molar-refractivity contribution in [3.05, 3.63) is 47.5 Å². The van der Waals surface area contributed by atoms with Crippen LogP contribution in [-0.4, -0.2) is 45.7 Å². The summed E-state index contributed by atoms with van der Waals surface area (Å²) in [6.45, 7) is 7.93. The largest absolute Gasteiger partial charge is 0.458 e. The lowest BCUT2D eigenvalue weighted by Gasteiger charge is -2.57. The van der Waals surface area contributed by atoms with Gasteiger partial charge in [0.2, 0.25) is 0 Å². The van der Waals surface area contributed by atoms with E-state index in [0.29, 0.717) is 12.0 Å². The van der Waals surface area contributed by atoms with Crippen molar-refractivity contribution in [2.75, 3.05) is 0 Å². The number of hydrogen-bond donors (Lipinski definition) is 2. The van der Waals surface area contributed by atoms with E-state index >= 15 is 0 Å². The zero-order chi connectivity index (χ0) is 19.6. The Kier molecular flexibility index (Phi) is 4.08. The van der Waals surface area contributed by atoms with Gasteiger partial charge in [-0.25, -0.2) is 4.79 Å². The third kappa shape index (κ3) is 2.45. The molecule has 2 bridgehead atoms. The summed E-state index contributed by atoms with van der Waals surface area (Å²) >= 11 is 0. The second-order valence-corrected chi connectivity index (χ2v) is 9.00. The first-order chi connectivity index (χ1) is 12.6. The van der Waals surface area contributed by atoms with Gasteiger partial charge in [0.25, 0.3) is 0 Å². The molecule has 1 saturated carbocycles. The fraction of sp³-hybridized carbons (Fsp3) is 0.591. The van der Waals surface area contributed by atoms with Gasteiger partial charge in [-0.05, 0) is 57.2 Å². The summed E-state index contributed by atoms with van der Waals surface area (Å²) in [5, 5.41) is 21.5. The quantitative estimate of drug-likeness (QED) is 0.617. The van der Waals surface area contributed by atoms with Crippen molar-refractivity contribution in [2.24, 2.45) is 11.3 Å². The van der Waals surface area contributed by atoms with Crippen LogP contribution in [0.1, 0.15) is 50.9 Å². The predicted octanol–water partition coefficient (Wildman–Crippen LogP) is 2.86. The molecule has 0 radical (unpaired) electrons. The van der Waals surface area contributed by atoms with Gasteiger partial charge < -0.3 is 19.7 Å². The highest BCUT2D eigenvalue weighted by atomic mass is 16.6. The molecule has 5 nitrogen and oxygen atoms in total. The van der Waals surface area contributed by atoms with Crippen molar-refractivity contribution in [3.8, 4) is 0 Å². The van der Waals surface area contributed by atoms with Crippen LogP contribution in [0.2, 0.25) is 0 Å². The van der Waals surface area contributed by atoms with Crippen LogP contribution >= 0.6 is 0 Å². The topological polar surface area (TPSA) is 76.0 Å². The second kappa shape index (κ2) is 5.90. The molecule has 4 rings (SSSR count). The first-order valence-electron chi connectivity index (χ1n) is 9.63. The molecule has 2 fully saturated rings. The molecule has 2 aliphatic carbocycles. The summed E-state index contributed by atoms with van der Waals surface area (Å²) in [6.07, 6.45) is 0.390. The molecule has 146 valence electrons. The number of carbonyl (C=O) groups is 1. The number of aliphatic hydroxyl groups excluding tert-OH is 2. The number of aliphatic hydroxyl groups is 2. The molecule has 0 unspecified atom stereocenters. The number of carbonyl (C=O) groups excluding carboxylic acids is 1. The number of ether oxygens (including phenoxy) is 2. The fourth-order valence-corrected chi connectivity index (χ4v) is 5.50. The van der Waals surface area contributed by atoms with Gasteiger partial charge in [-0.2, -0.15) is 0 Å². The van der Waals surface area contributed by atoms with Crippen molar-refractivity contribution in [1.82, 2.24) is 0 Å². The highest BCUT2D eigenvalue weighted by molar-refractivity contribution is 5.89. The molecule has 1 heterocycles. The lowest BCUT2D eigenvalue weighted by atomic mass is 9.52. The van der Waals surface area contributed by atoms with Gasteiger partial charge in [0.15, 0.2) is 0 Å². The molecule has 1 aromatic carbocycles. The van der Waals surface area contributed by atoms with Crippen LogP contribution in [0.5, 0.6) is 0 Å². The minimum absolute atomic E-state index is 0.199. The highest BCUT2D eigenvalue weighted by Gasteiger charge is 2.72. The van der Waals surface area contributed by atoms with E-state index in [1.54, 1.807) is 30.3 Å². The minimum atomic E-state index is -1.08. The van der Waals surface area contributed by atoms with Crippen LogP contribution in [0.4, 0.5) is 0 Å². The number of benzene rings is 1. The van der Waals surface area contributed by atoms with Crippen molar-refractivity contribution >= 4 is 5.97 Å². The SMILES string of the molecule is CC1=C[C@@H](O)[C@@H](O)[C@@]2(C)[C@@H](OC(=O)c3ccccc3)C[C@@H]3C[C@]12OC3(C)C. The van der Waals surface area contributed by atoms with E-state index in [0.717, 1.165) is 12.0 Å². The lowest BCUT2D eigenvalue weighted by Crippen LogP contribution is -2.67. The van der Waals surface area contributed by atoms with Crippen molar-refractivity contribution in [2.45, 2.75) is 70.1 Å². The van der Waals surface area contributed by atoms with E-state index in [9.17, 15) is 15.0 Å². The molecule has 2 N–H and O–H groups in total. The first kappa shape index (κ1) is 18.7. The van der Waals surface area contributed by atoms with Crippen LogP contribution in [0.3, 0.4) is 0 Å². The van der Waals surface area contributed by atoms with Crippen LogP contribution < -0.4 is 0 Å². The third-order valence-corrected chi connectivity index (χ3v) is 7.25. The van der Waals surface area contributed by atoms with Gasteiger partial charge in [-0.1, -0.05) is 31.2 Å². The molecule has 27 heavy (non-hydrogen) atoms. The predicted molar refractivity (Wildman–Crippen MR) is 100 cm³/mol. The van der Waals surface area contributed by atoms with Crippen LogP contribution in [-0.2, 0) is 9.47 Å². The average molecular weight is 372 g/mol. The molecule has 0 aromatic heterocycles. The summed E-state index contributed by atoms with van der Waals surface area (Å²) in [5.74, 6) is -0.213. The molecule has 1 saturated heterocycles. The lowest BCUT2D eigenvalue weighted by molar-refractivity contribution is -0.218. The molecule has 6 atom stereocenters. The third-order valence-electron chi connectivity index (χ3n) is 7.25. The van der Waals surface area contributed by atoms with Gasteiger partial charge in [-0.15, -0.1) is 0 Å². The maximum atomic E-state index is 12.8. The van der Waals surface area contributed by atoms with E-state index in [-0.39, 0.29) is 5.92 Å². The molecule has 1 aliphatic heterocycles. The zero-order valence-corrected chi connectivity index (χ0v) is 16.3. The maximum absolute atomic E-state index is 12.8. The molecular formula is C22H28O5. The zero-order valence-electron chi connectivity index (χ0n) is 16.3. The minimum Gasteiger partial charge on any atom is -0.458 e. The molecule has 3 aliphatic rings. The summed E-state index contributed by atoms with van der Waals surface area (Å²) in [4.78, 5) is 12.8. The smallest absolute Gasteiger partial charge is 0.338 e. The standard InChI is InChI=1S/C22H28O5/c1-13-10-16(23)18(24)21(4)17(26-19(25)14-8-6-5-7-9-14)11-15-12-22(13,21)27-20(15,2)3/h5-10,15-18,23-24H,11-12H2,1-4H3/t15-,16-,17+,18-,21-,22+/m1/s1. The van der Waals surface area contributed by atoms with Crippen LogP contribution in [0.15, 0.2) is 42.0 Å². The Morgan fingerprint density at radius 2 is 1.85 bits per heavy atom. The van der Waals surface area contributed by atoms with E-state index in [1.165, 1.54) is 0 Å². The Hall–Kier alpha value is -1.69. The Bertz CT molecular complexity index is 785. The van der Waals surface area contributed by atoms with E-state index in [4.69, 9.17) is 9.47 Å². The number of esters is 1. The Balaban J connectivity index is 1.77. The summed E-state index contributed by atoms with van der Waals surface area (Å²) in [6, 6.07) is 8.87. The molecular weight excluding hydrogens is 344 g/mol. The van der Waals surface area contributed by atoms with Gasteiger partial charge in [0.1, 0.15) is 11.7 Å². The number of fused-ring (bicyclic) bond motifs is 1. The second-order valence-electron chi connectivity index (χ2n) is 9.00. The Labute approximate surface area is 160 Å². The van der Waals surface area contributed by atoms with Crippen LogP contribution in [0, 0.1) is 11.3 Å². The Morgan fingerprint density at radius 1 is 1.19 bits per heavy atom. The van der Waals surface area contributed by atoms with Crippen molar-refractivity contribution < 1.29 is 24.5 Å². The van der Waals surface area contributed by atoms with E-state index in [2.05, 4.69) is 13.8 Å². The number of rotatable bonds is 2. The van der Waals surface area contributed by atoms with Gasteiger partial charge in [0.05, 0.1) is 28.8 Å². The fourth-order valence-electron chi connectivity index (χ4n) is 5.50. The van der Waals surface area contributed by atoms with E-state index in [1.807, 2.05) is 19.9 Å². The van der Waals surface area contributed by atoms with Gasteiger partial charge in [-0.3, -0.25) is 0 Å². The summed E-state index contributed by atoms with van der Waals surface area (Å²) < 4.78 is 12.6. The average Bonchev–Trinajstić information content (AvgIpc) is 2.87. The van der Waals surface area contributed by atoms with Crippen molar-refractivity contribution in [3.63, 3.8) is 0 Å². The molecule has 5 heteroatoms. The Morgan fingerprint density at radius 3 is 2.52 bits per heavy atom. The maximum Gasteiger partial charge on any atom is 0.338 e. The summed E-state index contributed by atoms with van der Waals surface area (Å²) in [7, 11) is 0. The van der Waals surface area contributed by atoms with Gasteiger partial charge in [0, 0.05) is 0 Å². The monoisotopic (exact) mass is 372 g/mol. The number of hydrogen-bond acceptors (Lipinski definition) is 5. The summed E-state index contributed by atoms with van der Waals surface area (Å²) in [5.41, 5.74) is -0.698. The van der Waals surface area contributed by atoms with Gasteiger partial charge >= 0.3 is 5.97 Å². The van der Waals surface area contributed by atoms with E-state index < -0.39 is 40.9 Å². The normalized spacial score (nSPS) is 42.2. The highest BCUT2D eigenvalue weighted by Crippen LogP contribution is 2.65. The molecule has 1 aromatic rings. The van der Waals surface area contributed by atoms with Crippen LogP contribution in [0.25, 0.3) is 0 Å². The first-order valence-corrected chi connectivity index (χ1v) is 9.63. The molecule has 0 amide bonds. The molecule has 1 spiro atoms. The van der Waals surface area contributed by atoms with Crippen molar-refractivity contribution in [1.29, 1.82) is 0 Å².